The van der Waals surface area contributed by atoms with Crippen LogP contribution in [0.1, 0.15) is 61.2 Å². The van der Waals surface area contributed by atoms with Crippen LogP contribution >= 0.6 is 0 Å². The van der Waals surface area contributed by atoms with Crippen LogP contribution in [0.4, 0.5) is 11.4 Å². The number of hydroxylamine groups is 2. The standard InChI is InChI=1S/C24H28N4O7/c1-24(2,3)25-12-19(30)15-10-16(13-29)22(33)18(11-15)27-26-17-6-4-14(5-7-17)23(34)35-28-20(31)8-9-21(28)32/h4-7,10-11,19,25,29-30,33H,8-9,12-13H2,1-3H3. The van der Waals surface area contributed by atoms with Crippen molar-refractivity contribution in [3.8, 4) is 5.75 Å². The number of carbonyl (C=O) groups is 3. The summed E-state index contributed by atoms with van der Waals surface area (Å²) < 4.78 is 0. The van der Waals surface area contributed by atoms with Crippen LogP contribution in [0.5, 0.6) is 5.75 Å². The summed E-state index contributed by atoms with van der Waals surface area (Å²) in [6.45, 7) is 5.69. The maximum Gasteiger partial charge on any atom is 0.363 e. The van der Waals surface area contributed by atoms with E-state index < -0.39 is 30.5 Å². The predicted molar refractivity (Wildman–Crippen MR) is 124 cm³/mol. The van der Waals surface area contributed by atoms with E-state index in [0.717, 1.165) is 0 Å². The van der Waals surface area contributed by atoms with Crippen molar-refractivity contribution in [1.29, 1.82) is 0 Å². The van der Waals surface area contributed by atoms with E-state index in [1.807, 2.05) is 20.8 Å². The second-order valence-corrected chi connectivity index (χ2v) is 9.06. The molecule has 0 bridgehead atoms. The zero-order valence-electron chi connectivity index (χ0n) is 19.7. The Hall–Kier alpha value is -3.67. The highest BCUT2D eigenvalue weighted by Crippen LogP contribution is 2.35. The van der Waals surface area contributed by atoms with Gasteiger partial charge in [-0.15, -0.1) is 10.2 Å². The number of aliphatic hydroxyl groups is 2. The number of β-amino-alcohol motifs (C(OH)–C–C–N with tert-alkyl or cyclic N) is 1. The van der Waals surface area contributed by atoms with E-state index in [9.17, 15) is 29.7 Å². The molecule has 1 heterocycles. The normalized spacial score (nSPS) is 15.2. The van der Waals surface area contributed by atoms with Gasteiger partial charge in [0.25, 0.3) is 11.8 Å². The van der Waals surface area contributed by atoms with Crippen molar-refractivity contribution in [3.05, 3.63) is 53.1 Å². The number of rotatable bonds is 8. The lowest BCUT2D eigenvalue weighted by molar-refractivity contribution is -0.172. The Morgan fingerprint density at radius 3 is 2.31 bits per heavy atom. The first-order valence-corrected chi connectivity index (χ1v) is 11.0. The number of imide groups is 1. The first-order valence-electron chi connectivity index (χ1n) is 11.0. The molecule has 35 heavy (non-hydrogen) atoms. The minimum absolute atomic E-state index is 0.00159. The van der Waals surface area contributed by atoms with Gasteiger partial charge in [0, 0.05) is 30.5 Å². The predicted octanol–water partition coefficient (Wildman–Crippen LogP) is 2.94. The highest BCUT2D eigenvalue weighted by molar-refractivity contribution is 6.02. The minimum atomic E-state index is -0.909. The lowest BCUT2D eigenvalue weighted by atomic mass is 10.0. The molecule has 1 atom stereocenters. The van der Waals surface area contributed by atoms with Gasteiger partial charge in [0.2, 0.25) is 0 Å². The van der Waals surface area contributed by atoms with Crippen LogP contribution in [-0.4, -0.2) is 50.3 Å². The van der Waals surface area contributed by atoms with Gasteiger partial charge >= 0.3 is 5.97 Å². The third-order valence-corrected chi connectivity index (χ3v) is 5.13. The highest BCUT2D eigenvalue weighted by atomic mass is 16.7. The van der Waals surface area contributed by atoms with Crippen molar-refractivity contribution in [2.45, 2.75) is 51.9 Å². The fourth-order valence-corrected chi connectivity index (χ4v) is 3.18. The summed E-state index contributed by atoms with van der Waals surface area (Å²) in [5, 5.41) is 42.2. The molecule has 0 aliphatic carbocycles. The van der Waals surface area contributed by atoms with Crippen molar-refractivity contribution in [3.63, 3.8) is 0 Å². The molecule has 11 heteroatoms. The molecule has 4 N–H and O–H groups in total. The summed E-state index contributed by atoms with van der Waals surface area (Å²) in [5.41, 5.74) is 0.907. The molecule has 2 amide bonds. The average Bonchev–Trinajstić information content (AvgIpc) is 3.13. The Morgan fingerprint density at radius 1 is 1.11 bits per heavy atom. The number of hydrogen-bond acceptors (Lipinski definition) is 10. The molecule has 0 radical (unpaired) electrons. The first-order chi connectivity index (χ1) is 16.5. The van der Waals surface area contributed by atoms with Gasteiger partial charge in [-0.1, -0.05) is 0 Å². The number of benzene rings is 2. The number of nitrogens with zero attached hydrogens (tertiary/aromatic N) is 3. The summed E-state index contributed by atoms with van der Waals surface area (Å²) in [5.74, 6) is -2.28. The molecule has 1 aliphatic heterocycles. The summed E-state index contributed by atoms with van der Waals surface area (Å²) in [6.07, 6.45) is -0.905. The van der Waals surface area contributed by atoms with Gasteiger partial charge in [-0.25, -0.2) is 4.79 Å². The van der Waals surface area contributed by atoms with Gasteiger partial charge < -0.3 is 25.5 Å². The van der Waals surface area contributed by atoms with Crippen molar-refractivity contribution in [1.82, 2.24) is 10.4 Å². The third-order valence-electron chi connectivity index (χ3n) is 5.13. The molecule has 0 aromatic heterocycles. The van der Waals surface area contributed by atoms with E-state index in [-0.39, 0.29) is 47.5 Å². The second-order valence-electron chi connectivity index (χ2n) is 9.06. The average molecular weight is 485 g/mol. The largest absolute Gasteiger partial charge is 0.505 e. The first kappa shape index (κ1) is 25.9. The number of carbonyl (C=O) groups excluding carboxylic acids is 3. The van der Waals surface area contributed by atoms with Gasteiger partial charge in [0.15, 0.2) is 0 Å². The van der Waals surface area contributed by atoms with E-state index in [2.05, 4.69) is 15.5 Å². The molecule has 3 rings (SSSR count). The van der Waals surface area contributed by atoms with Crippen LogP contribution in [-0.2, 0) is 21.0 Å². The summed E-state index contributed by atoms with van der Waals surface area (Å²) in [4.78, 5) is 40.3. The number of aliphatic hydroxyl groups excluding tert-OH is 2. The molecule has 0 saturated carbocycles. The Morgan fingerprint density at radius 2 is 1.74 bits per heavy atom. The van der Waals surface area contributed by atoms with Crippen molar-refractivity contribution < 1.29 is 34.5 Å². The summed E-state index contributed by atoms with van der Waals surface area (Å²) in [6, 6.07) is 8.67. The number of phenols is 1. The number of azo groups is 1. The molecular weight excluding hydrogens is 456 g/mol. The molecule has 2 aromatic carbocycles. The monoisotopic (exact) mass is 484 g/mol. The van der Waals surface area contributed by atoms with Crippen LogP contribution in [0, 0.1) is 0 Å². The second kappa shape index (κ2) is 10.7. The zero-order valence-corrected chi connectivity index (χ0v) is 19.7. The molecule has 1 aliphatic rings. The Labute approximate surface area is 202 Å². The van der Waals surface area contributed by atoms with Gasteiger partial charge in [0.1, 0.15) is 11.4 Å². The maximum atomic E-state index is 12.2. The fourth-order valence-electron chi connectivity index (χ4n) is 3.18. The Bertz CT molecular complexity index is 1120. The van der Waals surface area contributed by atoms with Gasteiger partial charge in [0.05, 0.1) is 24.0 Å². The Kier molecular flexibility index (Phi) is 7.95. The summed E-state index contributed by atoms with van der Waals surface area (Å²) in [7, 11) is 0. The molecule has 11 nitrogen and oxygen atoms in total. The molecule has 186 valence electrons. The molecule has 1 unspecified atom stereocenters. The SMILES string of the molecule is CC(C)(C)NCC(O)c1cc(CO)c(O)c(N=Nc2ccc(C(=O)ON3C(=O)CCC3=O)cc2)c1. The van der Waals surface area contributed by atoms with E-state index in [4.69, 9.17) is 4.84 Å². The van der Waals surface area contributed by atoms with Crippen LogP contribution in [0.2, 0.25) is 0 Å². The maximum absolute atomic E-state index is 12.2. The van der Waals surface area contributed by atoms with Gasteiger partial charge in [-0.2, -0.15) is 5.11 Å². The number of amides is 2. The lowest BCUT2D eigenvalue weighted by Gasteiger charge is -2.23. The topological polar surface area (TPSA) is 161 Å². The third kappa shape index (κ3) is 6.69. The molecule has 0 spiro atoms. The zero-order chi connectivity index (χ0) is 25.8. The van der Waals surface area contributed by atoms with E-state index in [0.29, 0.717) is 16.3 Å². The summed E-state index contributed by atoms with van der Waals surface area (Å²) >= 11 is 0. The molecule has 1 saturated heterocycles. The van der Waals surface area contributed by atoms with Gasteiger partial charge in [-0.05, 0) is 62.7 Å². The molecule has 1 fully saturated rings. The van der Waals surface area contributed by atoms with E-state index in [1.54, 1.807) is 0 Å². The molecular formula is C24H28N4O7. The minimum Gasteiger partial charge on any atom is -0.505 e. The van der Waals surface area contributed by atoms with Gasteiger partial charge in [-0.3, -0.25) is 9.59 Å². The van der Waals surface area contributed by atoms with Crippen LogP contribution in [0.25, 0.3) is 0 Å². The van der Waals surface area contributed by atoms with Crippen molar-refractivity contribution >= 4 is 29.2 Å². The van der Waals surface area contributed by atoms with Crippen LogP contribution < -0.4 is 5.32 Å². The highest BCUT2D eigenvalue weighted by Gasteiger charge is 2.33. The molecule has 2 aromatic rings. The van der Waals surface area contributed by atoms with E-state index in [1.165, 1.54) is 36.4 Å². The lowest BCUT2D eigenvalue weighted by Crippen LogP contribution is -2.38. The fraction of sp³-hybridized carbons (Fsp3) is 0.375. The number of aromatic hydroxyl groups is 1. The van der Waals surface area contributed by atoms with E-state index >= 15 is 0 Å². The van der Waals surface area contributed by atoms with Crippen molar-refractivity contribution in [2.24, 2.45) is 10.2 Å². The number of nitrogens with one attached hydrogen (secondary N) is 1. The smallest absolute Gasteiger partial charge is 0.363 e. The quantitative estimate of drug-likeness (QED) is 0.328. The van der Waals surface area contributed by atoms with Crippen LogP contribution in [0.3, 0.4) is 0 Å². The van der Waals surface area contributed by atoms with Crippen molar-refractivity contribution in [2.75, 3.05) is 6.54 Å². The Balaban J connectivity index is 1.74. The van der Waals surface area contributed by atoms with Crippen LogP contribution in [0.15, 0.2) is 46.6 Å². The number of hydrogen-bond donors (Lipinski definition) is 4.